The van der Waals surface area contributed by atoms with Gasteiger partial charge in [-0.3, -0.25) is 14.4 Å². The molecule has 0 saturated carbocycles. The summed E-state index contributed by atoms with van der Waals surface area (Å²) in [5.74, 6) is -1.00. The summed E-state index contributed by atoms with van der Waals surface area (Å²) >= 11 is 6.77. The number of anilines is 1. The van der Waals surface area contributed by atoms with Gasteiger partial charge in [0.1, 0.15) is 0 Å². The third kappa shape index (κ3) is 10.2. The fourth-order valence-electron chi connectivity index (χ4n) is 5.28. The van der Waals surface area contributed by atoms with Crippen molar-refractivity contribution in [3.63, 3.8) is 0 Å². The van der Waals surface area contributed by atoms with E-state index in [9.17, 15) is 14.4 Å². The summed E-state index contributed by atoms with van der Waals surface area (Å²) in [7, 11) is 0. The number of carbonyl (C=O) groups is 3. The lowest BCUT2D eigenvalue weighted by Crippen LogP contribution is -2.45. The number of halogens is 1. The van der Waals surface area contributed by atoms with Gasteiger partial charge in [-0.1, -0.05) is 115 Å². The van der Waals surface area contributed by atoms with Gasteiger partial charge in [0.05, 0.1) is 11.8 Å². The average molecular weight is 557 g/mol. The number of benzene rings is 1. The van der Waals surface area contributed by atoms with E-state index in [1.54, 1.807) is 0 Å². The fraction of sp³-hybridized carbons (Fsp3) is 0.645. The number of carbonyl (C=O) groups excluding carboxylic acids is 3. The molecular weight excluding hydrogens is 512 g/mol. The number of rotatable bonds is 20. The number of nitrogens with zero attached hydrogens (tertiary/aromatic N) is 4. The maximum atomic E-state index is 12.6. The Morgan fingerprint density at radius 1 is 0.795 bits per heavy atom. The van der Waals surface area contributed by atoms with E-state index in [1.807, 2.05) is 24.3 Å². The van der Waals surface area contributed by atoms with Crippen molar-refractivity contribution in [3.05, 3.63) is 41.7 Å². The van der Waals surface area contributed by atoms with E-state index in [2.05, 4.69) is 17.2 Å². The Morgan fingerprint density at radius 3 is 1.87 bits per heavy atom. The largest absolute Gasteiger partial charge is 0.292 e. The van der Waals surface area contributed by atoms with Crippen LogP contribution in [0.25, 0.3) is 0 Å². The first-order chi connectivity index (χ1) is 19.0. The summed E-state index contributed by atoms with van der Waals surface area (Å²) in [4.78, 5) is 36.9. The van der Waals surface area contributed by atoms with Crippen molar-refractivity contribution in [1.29, 1.82) is 0 Å². The second kappa shape index (κ2) is 17.2. The Bertz CT molecular complexity index is 993. The highest BCUT2D eigenvalue weighted by atomic mass is 35.5. The number of hydrogen-bond acceptors (Lipinski definition) is 5. The van der Waals surface area contributed by atoms with Crippen LogP contribution in [0.3, 0.4) is 0 Å². The minimum absolute atomic E-state index is 0.0730. The average Bonchev–Trinajstić information content (AvgIpc) is 3.50. The smallest absolute Gasteiger partial charge is 0.272 e. The Hall–Kier alpha value is -2.54. The zero-order valence-corrected chi connectivity index (χ0v) is 24.3. The maximum absolute atomic E-state index is 12.6. The minimum Gasteiger partial charge on any atom is -0.272 e. The van der Waals surface area contributed by atoms with Gasteiger partial charge in [-0.15, -0.1) is 21.8 Å². The molecule has 0 spiro atoms. The van der Waals surface area contributed by atoms with E-state index in [-0.39, 0.29) is 35.9 Å². The highest BCUT2D eigenvalue weighted by Gasteiger charge is 2.38. The first kappa shape index (κ1) is 31.0. The molecule has 1 aromatic carbocycles. The normalized spacial score (nSPS) is 15.9. The van der Waals surface area contributed by atoms with Crippen LogP contribution in [0, 0.1) is 0 Å². The topological polar surface area (TPSA) is 82.4 Å². The van der Waals surface area contributed by atoms with E-state index in [4.69, 9.17) is 11.6 Å². The van der Waals surface area contributed by atoms with Gasteiger partial charge in [-0.25, -0.2) is 5.01 Å². The first-order valence-corrected chi connectivity index (χ1v) is 15.5. The van der Waals surface area contributed by atoms with Crippen LogP contribution in [-0.4, -0.2) is 28.1 Å². The van der Waals surface area contributed by atoms with Gasteiger partial charge in [-0.05, 0) is 24.5 Å². The molecule has 1 saturated heterocycles. The first-order valence-electron chi connectivity index (χ1n) is 15.1. The molecule has 3 rings (SSSR count). The second-order valence-corrected chi connectivity index (χ2v) is 11.4. The van der Waals surface area contributed by atoms with Crippen molar-refractivity contribution in [2.24, 2.45) is 10.2 Å². The van der Waals surface area contributed by atoms with Crippen molar-refractivity contribution in [3.8, 4) is 0 Å². The van der Waals surface area contributed by atoms with Crippen molar-refractivity contribution < 1.29 is 14.4 Å². The van der Waals surface area contributed by atoms with E-state index >= 15 is 0 Å². The maximum Gasteiger partial charge on any atom is 0.292 e. The van der Waals surface area contributed by atoms with E-state index in [0.29, 0.717) is 12.1 Å². The van der Waals surface area contributed by atoms with Crippen molar-refractivity contribution >= 4 is 35.0 Å². The molecule has 0 radical (unpaired) electrons. The van der Waals surface area contributed by atoms with Crippen molar-refractivity contribution in [2.45, 2.75) is 128 Å². The van der Waals surface area contributed by atoms with Crippen molar-refractivity contribution in [2.75, 3.05) is 5.01 Å². The number of imide groups is 1. The number of unbranched alkanes of at least 4 members (excludes halogenated alkanes) is 13. The van der Waals surface area contributed by atoms with Gasteiger partial charge in [0, 0.05) is 18.2 Å². The van der Waals surface area contributed by atoms with Crippen LogP contribution in [0.5, 0.6) is 0 Å². The molecule has 0 aliphatic carbocycles. The zero-order valence-electron chi connectivity index (χ0n) is 23.6. The molecule has 0 aromatic heterocycles. The molecule has 1 aromatic rings. The Kier molecular flexibility index (Phi) is 13.7. The zero-order chi connectivity index (χ0) is 27.9. The fourth-order valence-corrected chi connectivity index (χ4v) is 5.61. The van der Waals surface area contributed by atoms with Gasteiger partial charge in [0.25, 0.3) is 5.91 Å². The lowest BCUT2D eigenvalue weighted by Gasteiger charge is -2.32. The quantitative estimate of drug-likeness (QED) is 0.0916. The highest BCUT2D eigenvalue weighted by molar-refractivity contribution is 6.20. The summed E-state index contributed by atoms with van der Waals surface area (Å²) in [6, 6.07) is 7.52. The molecular formula is C31H45ClN4O3. The minimum atomic E-state index is -0.514. The van der Waals surface area contributed by atoms with Crippen LogP contribution in [0.1, 0.15) is 122 Å². The molecule has 1 fully saturated rings. The number of hydrogen-bond donors (Lipinski definition) is 0. The third-order valence-corrected chi connectivity index (χ3v) is 7.85. The van der Waals surface area contributed by atoms with Gasteiger partial charge in [0.15, 0.2) is 5.82 Å². The van der Waals surface area contributed by atoms with E-state index in [1.165, 1.54) is 94.6 Å². The number of hydrazine groups is 1. The molecule has 2 aliphatic heterocycles. The van der Waals surface area contributed by atoms with Crippen LogP contribution < -0.4 is 5.01 Å². The lowest BCUT2D eigenvalue weighted by atomic mass is 10.0. The van der Waals surface area contributed by atoms with Gasteiger partial charge in [-0.2, -0.15) is 5.01 Å². The lowest BCUT2D eigenvalue weighted by molar-refractivity contribution is -0.138. The SMILES string of the molecule is CCCCCCCCCCCCCCCCC(Cl)Cc1ccccc1N(C1=CC(=O)N=N1)N1C(=O)CCC1=O. The standard InChI is InChI=1S/C31H45ClN4O3/c1-2-3-4-5-6-7-8-9-10-11-12-13-14-15-19-26(32)23-25-18-16-17-20-27(25)35(28-24-29(37)34-33-28)36-30(38)21-22-31(36)39/h16-18,20,24,26H,2-15,19,21-23H2,1H3. The molecule has 1 unspecified atom stereocenters. The van der Waals surface area contributed by atoms with Crippen LogP contribution in [0.4, 0.5) is 5.69 Å². The Morgan fingerprint density at radius 2 is 1.33 bits per heavy atom. The molecule has 7 nitrogen and oxygen atoms in total. The molecule has 0 N–H and O–H groups in total. The van der Waals surface area contributed by atoms with Crippen LogP contribution in [0.2, 0.25) is 0 Å². The molecule has 2 heterocycles. The Balaban J connectivity index is 1.40. The molecule has 0 bridgehead atoms. The molecule has 39 heavy (non-hydrogen) atoms. The van der Waals surface area contributed by atoms with E-state index < -0.39 is 5.91 Å². The summed E-state index contributed by atoms with van der Waals surface area (Å²) in [6.45, 7) is 2.27. The summed E-state index contributed by atoms with van der Waals surface area (Å²) in [5.41, 5.74) is 1.51. The van der Waals surface area contributed by atoms with Gasteiger partial charge >= 0.3 is 0 Å². The third-order valence-electron chi connectivity index (χ3n) is 7.48. The van der Waals surface area contributed by atoms with Gasteiger partial charge < -0.3 is 0 Å². The van der Waals surface area contributed by atoms with Crippen LogP contribution >= 0.6 is 11.6 Å². The Labute approximate surface area is 239 Å². The molecule has 214 valence electrons. The van der Waals surface area contributed by atoms with Crippen molar-refractivity contribution in [1.82, 2.24) is 5.01 Å². The number of azo groups is 1. The highest BCUT2D eigenvalue weighted by Crippen LogP contribution is 2.33. The predicted octanol–water partition coefficient (Wildman–Crippen LogP) is 8.41. The molecule has 1 atom stereocenters. The molecule has 8 heteroatoms. The second-order valence-electron chi connectivity index (χ2n) is 10.8. The number of para-hydroxylation sites is 1. The predicted molar refractivity (Wildman–Crippen MR) is 156 cm³/mol. The van der Waals surface area contributed by atoms with Gasteiger partial charge in [0.2, 0.25) is 11.8 Å². The van der Waals surface area contributed by atoms with E-state index in [0.717, 1.165) is 23.4 Å². The number of amides is 3. The summed E-state index contributed by atoms with van der Waals surface area (Å²) in [6.07, 6.45) is 21.5. The molecule has 2 aliphatic rings. The van der Waals surface area contributed by atoms with Crippen LogP contribution in [0.15, 0.2) is 46.4 Å². The molecule has 3 amide bonds. The van der Waals surface area contributed by atoms with Crippen LogP contribution in [-0.2, 0) is 20.8 Å². The number of alkyl halides is 1. The summed E-state index contributed by atoms with van der Waals surface area (Å²) < 4.78 is 0. The monoisotopic (exact) mass is 556 g/mol. The summed E-state index contributed by atoms with van der Waals surface area (Å²) in [5, 5.41) is 9.92.